The number of hydrogen-bond donors (Lipinski definition) is 1. The fourth-order valence-electron chi connectivity index (χ4n) is 5.41. The van der Waals surface area contributed by atoms with Gasteiger partial charge in [-0.1, -0.05) is 6.92 Å². The van der Waals surface area contributed by atoms with Gasteiger partial charge in [0.15, 0.2) is 23.9 Å². The summed E-state index contributed by atoms with van der Waals surface area (Å²) in [4.78, 5) is 32.6. The highest BCUT2D eigenvalue weighted by atomic mass is 19.1. The lowest BCUT2D eigenvalue weighted by Crippen LogP contribution is -2.44. The van der Waals surface area contributed by atoms with Crippen LogP contribution in [0.2, 0.25) is 0 Å². The Morgan fingerprint density at radius 2 is 2.00 bits per heavy atom. The molecule has 0 bridgehead atoms. The number of carbonyl (C=O) groups excluding carboxylic acids is 1. The summed E-state index contributed by atoms with van der Waals surface area (Å²) in [7, 11) is 0. The highest BCUT2D eigenvalue weighted by molar-refractivity contribution is 6.01. The van der Waals surface area contributed by atoms with Gasteiger partial charge in [-0.2, -0.15) is 0 Å². The average Bonchev–Trinajstić information content (AvgIpc) is 3.40. The number of anilines is 1. The van der Waals surface area contributed by atoms with Crippen LogP contribution in [0, 0.1) is 12.7 Å². The molecule has 1 N–H and O–H groups in total. The first-order valence-electron chi connectivity index (χ1n) is 11.4. The van der Waals surface area contributed by atoms with E-state index in [-0.39, 0.29) is 48.2 Å². The van der Waals surface area contributed by atoms with Crippen molar-refractivity contribution in [2.75, 3.05) is 11.6 Å². The lowest BCUT2D eigenvalue weighted by atomic mass is 9.86. The summed E-state index contributed by atoms with van der Waals surface area (Å²) >= 11 is 0. The number of aliphatic hydroxyl groups is 1. The van der Waals surface area contributed by atoms with Crippen LogP contribution in [0.3, 0.4) is 0 Å². The van der Waals surface area contributed by atoms with E-state index in [4.69, 9.17) is 14.5 Å². The van der Waals surface area contributed by atoms with Gasteiger partial charge < -0.3 is 24.0 Å². The highest BCUT2D eigenvalue weighted by Crippen LogP contribution is 2.47. The first kappa shape index (κ1) is 21.1. The molecule has 0 unspecified atom stereocenters. The van der Waals surface area contributed by atoms with Crippen LogP contribution in [0.1, 0.15) is 49.4 Å². The number of pyridine rings is 2. The third-order valence-corrected chi connectivity index (χ3v) is 7.39. The van der Waals surface area contributed by atoms with Crippen molar-refractivity contribution in [3.63, 3.8) is 0 Å². The number of nitrogens with zero attached hydrogens (tertiary/aromatic N) is 3. The number of rotatable bonds is 2. The molecule has 0 radical (unpaired) electrons. The van der Waals surface area contributed by atoms with Gasteiger partial charge in [0.05, 0.1) is 34.7 Å². The molecular weight excluding hydrogens is 441 g/mol. The van der Waals surface area contributed by atoms with E-state index in [1.807, 2.05) is 25.7 Å². The number of aromatic nitrogens is 2. The van der Waals surface area contributed by atoms with E-state index in [0.717, 1.165) is 16.5 Å². The molecule has 1 atom stereocenters. The molecule has 0 aliphatic carbocycles. The van der Waals surface area contributed by atoms with Crippen LogP contribution in [-0.2, 0) is 28.3 Å². The van der Waals surface area contributed by atoms with Crippen LogP contribution in [0.15, 0.2) is 16.9 Å². The number of ether oxygens (including phenoxy) is 2. The van der Waals surface area contributed by atoms with E-state index in [0.29, 0.717) is 29.1 Å². The maximum atomic E-state index is 15.0. The van der Waals surface area contributed by atoms with E-state index in [1.165, 1.54) is 6.07 Å². The molecule has 34 heavy (non-hydrogen) atoms. The lowest BCUT2D eigenvalue weighted by molar-refractivity contribution is -0.172. The van der Waals surface area contributed by atoms with Gasteiger partial charge in [0.25, 0.3) is 5.56 Å². The molecule has 8 nitrogen and oxygen atoms in total. The van der Waals surface area contributed by atoms with Crippen LogP contribution in [0.5, 0.6) is 5.75 Å². The summed E-state index contributed by atoms with van der Waals surface area (Å²) in [6.45, 7) is 8.02. The largest absolute Gasteiger partial charge is 0.468 e. The predicted octanol–water partition coefficient (Wildman–Crippen LogP) is 3.09. The fraction of sp³-hybridized carbons (Fsp3) is 0.400. The van der Waals surface area contributed by atoms with E-state index < -0.39 is 17.4 Å². The van der Waals surface area contributed by atoms with E-state index in [9.17, 15) is 19.1 Å². The van der Waals surface area contributed by atoms with Gasteiger partial charge in [0.2, 0.25) is 0 Å². The number of aryl methyl sites for hydroxylation is 1. The number of esters is 1. The number of fused-ring (bicyclic) bond motifs is 7. The Hall–Kier alpha value is -3.46. The van der Waals surface area contributed by atoms with Gasteiger partial charge in [0.1, 0.15) is 6.61 Å². The Balaban J connectivity index is 1.65. The zero-order valence-electron chi connectivity index (χ0n) is 19.4. The van der Waals surface area contributed by atoms with Gasteiger partial charge in [-0.25, -0.2) is 14.2 Å². The normalized spacial score (nSPS) is 20.2. The van der Waals surface area contributed by atoms with Crippen LogP contribution in [0.4, 0.5) is 10.1 Å². The van der Waals surface area contributed by atoms with Crippen molar-refractivity contribution >= 4 is 22.6 Å². The molecule has 9 heteroatoms. The molecule has 0 fully saturated rings. The standard InChI is InChI=1S/C25H24FN3O5/c1-5-25(32)15-6-18-20-13(8-28(18)23(30)14(15)9-33-24(25)31)12(4)19-17(27-20)7-16(26)22-21(19)29(10-34-22)11(2)3/h6-7,11,32H,5,8-10H2,1-4H3/t25-/m0/s1. The quantitative estimate of drug-likeness (QED) is 0.455. The minimum Gasteiger partial charge on any atom is -0.468 e. The zero-order valence-corrected chi connectivity index (χ0v) is 19.4. The molecule has 0 amide bonds. The van der Waals surface area contributed by atoms with Gasteiger partial charge in [-0.15, -0.1) is 0 Å². The summed E-state index contributed by atoms with van der Waals surface area (Å²) in [6, 6.07) is 3.12. The Morgan fingerprint density at radius 3 is 2.71 bits per heavy atom. The molecule has 176 valence electrons. The minimum absolute atomic E-state index is 0.0706. The van der Waals surface area contributed by atoms with E-state index >= 15 is 0 Å². The maximum Gasteiger partial charge on any atom is 0.343 e. The van der Waals surface area contributed by atoms with Crippen LogP contribution in [-0.4, -0.2) is 33.4 Å². The van der Waals surface area contributed by atoms with Crippen molar-refractivity contribution in [3.05, 3.63) is 50.6 Å². The molecule has 3 aliphatic rings. The molecular formula is C25H24FN3O5. The number of hydrogen-bond acceptors (Lipinski definition) is 7. The third-order valence-electron chi connectivity index (χ3n) is 7.39. The fourth-order valence-corrected chi connectivity index (χ4v) is 5.41. The average molecular weight is 465 g/mol. The van der Waals surface area contributed by atoms with Crippen molar-refractivity contribution in [3.8, 4) is 17.1 Å². The molecule has 5 heterocycles. The SMILES string of the molecule is CC[C@@]1(O)C(=O)OCc2c1cc1n(c2=O)Cc2c-1nc1cc(F)c3c(c1c2C)N(C(C)C)CO3. The number of carbonyl (C=O) groups is 1. The van der Waals surface area contributed by atoms with E-state index in [1.54, 1.807) is 17.6 Å². The van der Waals surface area contributed by atoms with E-state index in [2.05, 4.69) is 0 Å². The number of benzene rings is 1. The molecule has 0 saturated heterocycles. The van der Waals surface area contributed by atoms with Crippen molar-refractivity contribution in [2.24, 2.45) is 0 Å². The third kappa shape index (κ3) is 2.47. The molecule has 0 spiro atoms. The first-order valence-corrected chi connectivity index (χ1v) is 11.4. The molecule has 3 aliphatic heterocycles. The number of cyclic esters (lactones) is 1. The zero-order chi connectivity index (χ0) is 24.1. The monoisotopic (exact) mass is 465 g/mol. The lowest BCUT2D eigenvalue weighted by Gasteiger charge is -2.31. The Labute approximate surface area is 194 Å². The van der Waals surface area contributed by atoms with Gasteiger partial charge >= 0.3 is 5.97 Å². The summed E-state index contributed by atoms with van der Waals surface area (Å²) in [5, 5.41) is 11.8. The van der Waals surface area contributed by atoms with Crippen molar-refractivity contribution < 1.29 is 23.8 Å². The summed E-state index contributed by atoms with van der Waals surface area (Å²) in [5.74, 6) is -1.03. The Morgan fingerprint density at radius 1 is 1.24 bits per heavy atom. The van der Waals surface area contributed by atoms with Crippen LogP contribution in [0.25, 0.3) is 22.3 Å². The Bertz CT molecular complexity index is 1490. The van der Waals surface area contributed by atoms with Crippen molar-refractivity contribution in [1.82, 2.24) is 9.55 Å². The second kappa shape index (κ2) is 6.79. The minimum atomic E-state index is -1.89. The summed E-state index contributed by atoms with van der Waals surface area (Å²) in [5.41, 5.74) is 2.27. The Kier molecular flexibility index (Phi) is 4.21. The van der Waals surface area contributed by atoms with Gasteiger partial charge in [0, 0.05) is 28.6 Å². The van der Waals surface area contributed by atoms with Crippen molar-refractivity contribution in [2.45, 2.75) is 58.9 Å². The molecule has 3 aromatic rings. The van der Waals surface area contributed by atoms with Crippen LogP contribution < -0.4 is 15.2 Å². The summed E-state index contributed by atoms with van der Waals surface area (Å²) < 4.78 is 27.4. The second-order valence-electron chi connectivity index (χ2n) is 9.43. The van der Waals surface area contributed by atoms with Crippen molar-refractivity contribution in [1.29, 1.82) is 0 Å². The molecule has 6 rings (SSSR count). The molecule has 2 aromatic heterocycles. The number of halogens is 1. The predicted molar refractivity (Wildman–Crippen MR) is 122 cm³/mol. The second-order valence-corrected chi connectivity index (χ2v) is 9.43. The molecule has 0 saturated carbocycles. The molecule has 1 aromatic carbocycles. The smallest absolute Gasteiger partial charge is 0.343 e. The summed E-state index contributed by atoms with van der Waals surface area (Å²) in [6.07, 6.45) is 0.0706. The first-order chi connectivity index (χ1) is 16.2. The maximum absolute atomic E-state index is 15.0. The van der Waals surface area contributed by atoms with Gasteiger partial charge in [-0.3, -0.25) is 4.79 Å². The van der Waals surface area contributed by atoms with Gasteiger partial charge in [-0.05, 0) is 38.8 Å². The highest BCUT2D eigenvalue weighted by Gasteiger charge is 2.45. The topological polar surface area (TPSA) is 93.9 Å². The van der Waals surface area contributed by atoms with Crippen LogP contribution >= 0.6 is 0 Å².